The molecule has 23 heavy (non-hydrogen) atoms. The van der Waals surface area contributed by atoms with Crippen LogP contribution >= 0.6 is 0 Å². The van der Waals surface area contributed by atoms with Crippen LogP contribution in [0, 0.1) is 5.92 Å². The van der Waals surface area contributed by atoms with Crippen molar-refractivity contribution >= 4 is 33.8 Å². The Balaban J connectivity index is 2.49. The van der Waals surface area contributed by atoms with Crippen molar-refractivity contribution in [3.8, 4) is 0 Å². The molecule has 0 aromatic heterocycles. The summed E-state index contributed by atoms with van der Waals surface area (Å²) in [5.74, 6) is 0.826. The van der Waals surface area contributed by atoms with Gasteiger partial charge in [-0.2, -0.15) is 0 Å². The van der Waals surface area contributed by atoms with Crippen LogP contribution in [0.1, 0.15) is 25.7 Å². The van der Waals surface area contributed by atoms with E-state index in [9.17, 15) is 0 Å². The van der Waals surface area contributed by atoms with Crippen molar-refractivity contribution in [1.29, 1.82) is 0 Å². The lowest BCUT2D eigenvalue weighted by Crippen LogP contribution is -2.62. The summed E-state index contributed by atoms with van der Waals surface area (Å²) < 4.78 is 20.6. The predicted molar refractivity (Wildman–Crippen MR) is 108 cm³/mol. The van der Waals surface area contributed by atoms with Gasteiger partial charge in [0, 0.05) is 0 Å². The monoisotopic (exact) mass is 388 g/mol. The van der Waals surface area contributed by atoms with Crippen LogP contribution in [0.25, 0.3) is 0 Å². The summed E-state index contributed by atoms with van der Waals surface area (Å²) in [5, 5.41) is 1.49. The van der Waals surface area contributed by atoms with E-state index in [0.29, 0.717) is 0 Å². The molecule has 1 atom stereocenters. The summed E-state index contributed by atoms with van der Waals surface area (Å²) in [4.78, 5) is 0. The van der Waals surface area contributed by atoms with Crippen LogP contribution in [0.3, 0.4) is 0 Å². The average Bonchev–Trinajstić information content (AvgIpc) is 2.81. The molecule has 134 valence electrons. The van der Waals surface area contributed by atoms with Gasteiger partial charge >= 0.3 is 8.80 Å². The molecule has 2 aliphatic carbocycles. The summed E-state index contributed by atoms with van der Waals surface area (Å²) in [7, 11) is -8.05. The minimum Gasteiger partial charge on any atom is -0.414 e. The Hall–Kier alpha value is 0.488. The second kappa shape index (κ2) is 6.33. The third kappa shape index (κ3) is 5.48. The van der Waals surface area contributed by atoms with E-state index in [-0.39, 0.29) is 0 Å². The Morgan fingerprint density at radius 3 is 1.39 bits per heavy atom. The molecule has 2 bridgehead atoms. The van der Waals surface area contributed by atoms with Gasteiger partial charge in [-0.15, -0.1) is 0 Å². The Bertz CT molecular complexity index is 442. The molecule has 0 spiro atoms. The second-order valence-corrected chi connectivity index (χ2v) is 26.9. The number of hydrogen-bond donors (Lipinski definition) is 0. The largest absolute Gasteiger partial charge is 0.501 e. The summed E-state index contributed by atoms with van der Waals surface area (Å²) in [6, 6.07) is 0. The Morgan fingerprint density at radius 2 is 1.13 bits per heavy atom. The Morgan fingerprint density at radius 1 is 0.696 bits per heavy atom. The summed E-state index contributed by atoms with van der Waals surface area (Å²) >= 11 is 0. The van der Waals surface area contributed by atoms with Crippen LogP contribution in [0.5, 0.6) is 0 Å². The molecule has 1 fully saturated rings. The van der Waals surface area contributed by atoms with E-state index in [1.54, 1.807) is 5.57 Å². The first kappa shape index (κ1) is 19.8. The molecular formula is C16H36O3Si4. The number of fused-ring (bicyclic) bond motifs is 2. The Kier molecular flexibility index (Phi) is 5.45. The van der Waals surface area contributed by atoms with Crippen LogP contribution < -0.4 is 0 Å². The fraction of sp³-hybridized carbons (Fsp3) is 0.875. The van der Waals surface area contributed by atoms with E-state index in [2.05, 4.69) is 58.9 Å². The van der Waals surface area contributed by atoms with Gasteiger partial charge in [-0.05, 0) is 95.7 Å². The van der Waals surface area contributed by atoms with Crippen LogP contribution in [0.2, 0.25) is 58.9 Å². The molecule has 7 heteroatoms. The maximum Gasteiger partial charge on any atom is 0.501 e. The maximum atomic E-state index is 6.86. The van der Waals surface area contributed by atoms with Gasteiger partial charge in [-0.3, -0.25) is 0 Å². The fourth-order valence-corrected chi connectivity index (χ4v) is 17.6. The second-order valence-electron chi connectivity index (χ2n) is 10.1. The van der Waals surface area contributed by atoms with Gasteiger partial charge in [0.2, 0.25) is 0 Å². The first-order chi connectivity index (χ1) is 10.2. The standard InChI is InChI=1S/C16H36O3Si4/c1-20(2,3)17-23(18-21(4,5)6,19-22(7,8)9)16-13-14-10-11-15(16)12-14/h14H,10-13H2,1-9H3. The van der Waals surface area contributed by atoms with Crippen molar-refractivity contribution in [2.75, 3.05) is 0 Å². The lowest BCUT2D eigenvalue weighted by atomic mass is 10.1. The van der Waals surface area contributed by atoms with E-state index in [1.807, 2.05) is 0 Å². The van der Waals surface area contributed by atoms with E-state index >= 15 is 0 Å². The molecule has 0 heterocycles. The summed E-state index contributed by atoms with van der Waals surface area (Å²) in [5.41, 5.74) is 1.62. The van der Waals surface area contributed by atoms with Gasteiger partial charge < -0.3 is 12.3 Å². The van der Waals surface area contributed by atoms with E-state index < -0.39 is 33.8 Å². The first-order valence-corrected chi connectivity index (χ1v) is 21.0. The molecule has 1 saturated carbocycles. The molecule has 0 aliphatic heterocycles. The zero-order chi connectivity index (χ0) is 17.7. The maximum absolute atomic E-state index is 6.86. The molecule has 0 aromatic rings. The summed E-state index contributed by atoms with van der Waals surface area (Å²) in [6.07, 6.45) is 5.04. The highest BCUT2D eigenvalue weighted by molar-refractivity contribution is 6.93. The van der Waals surface area contributed by atoms with Gasteiger partial charge in [0.25, 0.3) is 0 Å². The molecule has 0 radical (unpaired) electrons. The molecule has 0 N–H and O–H groups in total. The lowest BCUT2D eigenvalue weighted by Gasteiger charge is -2.44. The SMILES string of the molecule is C[Si](C)(C)O[Si](O[Si](C)(C)C)(O[Si](C)(C)C)C1=C2CCC(C2)C1. The minimum absolute atomic E-state index is 0.826. The lowest BCUT2D eigenvalue weighted by molar-refractivity contribution is 0.262. The fourth-order valence-electron chi connectivity index (χ4n) is 3.61. The Labute approximate surface area is 147 Å². The molecule has 0 saturated heterocycles. The normalized spacial score (nSPS) is 23.1. The van der Waals surface area contributed by atoms with Gasteiger partial charge in [-0.25, -0.2) is 0 Å². The average molecular weight is 389 g/mol. The quantitative estimate of drug-likeness (QED) is 0.537. The van der Waals surface area contributed by atoms with Gasteiger partial charge in [0.05, 0.1) is 0 Å². The highest BCUT2D eigenvalue weighted by atomic mass is 28.5. The predicted octanol–water partition coefficient (Wildman–Crippen LogP) is 5.52. The molecule has 2 rings (SSSR count). The number of allylic oxidation sites excluding steroid dienone is 2. The third-order valence-corrected chi connectivity index (χ3v) is 15.9. The zero-order valence-electron chi connectivity index (χ0n) is 16.6. The van der Waals surface area contributed by atoms with Crippen LogP contribution in [0.15, 0.2) is 10.8 Å². The molecule has 3 nitrogen and oxygen atoms in total. The number of rotatable bonds is 7. The van der Waals surface area contributed by atoms with E-state index in [4.69, 9.17) is 12.3 Å². The van der Waals surface area contributed by atoms with E-state index in [1.165, 1.54) is 30.9 Å². The minimum atomic E-state index is -2.76. The van der Waals surface area contributed by atoms with Crippen molar-refractivity contribution in [1.82, 2.24) is 0 Å². The highest BCUT2D eigenvalue weighted by Gasteiger charge is 2.56. The van der Waals surface area contributed by atoms with Gasteiger partial charge in [0.15, 0.2) is 25.0 Å². The first-order valence-electron chi connectivity index (χ1n) is 9.01. The van der Waals surface area contributed by atoms with Crippen LogP contribution in [-0.2, 0) is 12.3 Å². The van der Waals surface area contributed by atoms with Crippen molar-refractivity contribution in [2.45, 2.75) is 84.6 Å². The van der Waals surface area contributed by atoms with Crippen molar-refractivity contribution in [2.24, 2.45) is 5.92 Å². The molecular weight excluding hydrogens is 353 g/mol. The highest BCUT2D eigenvalue weighted by Crippen LogP contribution is 2.49. The topological polar surface area (TPSA) is 27.7 Å². The molecule has 2 aliphatic rings. The zero-order valence-corrected chi connectivity index (χ0v) is 20.6. The van der Waals surface area contributed by atoms with Gasteiger partial charge in [0.1, 0.15) is 0 Å². The van der Waals surface area contributed by atoms with Crippen molar-refractivity contribution in [3.63, 3.8) is 0 Å². The van der Waals surface area contributed by atoms with Gasteiger partial charge in [-0.1, -0.05) is 5.57 Å². The van der Waals surface area contributed by atoms with Crippen molar-refractivity contribution in [3.05, 3.63) is 10.8 Å². The van der Waals surface area contributed by atoms with Crippen LogP contribution in [0.4, 0.5) is 0 Å². The summed E-state index contributed by atoms with van der Waals surface area (Å²) in [6.45, 7) is 20.4. The van der Waals surface area contributed by atoms with E-state index in [0.717, 1.165) is 5.92 Å². The molecule has 0 aromatic carbocycles. The van der Waals surface area contributed by atoms with Crippen LogP contribution in [-0.4, -0.2) is 33.8 Å². The third-order valence-electron chi connectivity index (χ3n) is 4.00. The molecule has 0 amide bonds. The molecule has 1 unspecified atom stereocenters. The number of hydrogen-bond acceptors (Lipinski definition) is 3. The van der Waals surface area contributed by atoms with Crippen molar-refractivity contribution < 1.29 is 12.3 Å². The smallest absolute Gasteiger partial charge is 0.414 e.